The summed E-state index contributed by atoms with van der Waals surface area (Å²) in [6, 6.07) is 2.18. The first-order valence-corrected chi connectivity index (χ1v) is 7.47. The second-order valence-electron chi connectivity index (χ2n) is 5.46. The lowest BCUT2D eigenvalue weighted by molar-refractivity contribution is 0.0741. The molecule has 110 valence electrons. The van der Waals surface area contributed by atoms with Crippen molar-refractivity contribution in [1.82, 2.24) is 14.7 Å². The second kappa shape index (κ2) is 7.06. The molecule has 0 unspecified atom stereocenters. The summed E-state index contributed by atoms with van der Waals surface area (Å²) in [6.45, 7) is 11.5. The predicted molar refractivity (Wildman–Crippen MR) is 81.0 cm³/mol. The van der Waals surface area contributed by atoms with Crippen molar-refractivity contribution in [3.63, 3.8) is 0 Å². The maximum Gasteiger partial charge on any atom is 0.0597 e. The number of aryl methyl sites for hydroxylation is 2. The Labute approximate surface area is 118 Å². The highest BCUT2D eigenvalue weighted by atomic mass is 15.3. The molecule has 19 heavy (non-hydrogen) atoms. The molecule has 1 aromatic rings. The molecule has 4 heteroatoms. The summed E-state index contributed by atoms with van der Waals surface area (Å²) < 4.78 is 1.99. The SMILES string of the molecule is CCCN(Cc1cc(C)nn1C)C(CC)(CC)CN. The quantitative estimate of drug-likeness (QED) is 0.786. The van der Waals surface area contributed by atoms with Gasteiger partial charge in [0.2, 0.25) is 0 Å². The van der Waals surface area contributed by atoms with Crippen LogP contribution >= 0.6 is 0 Å². The van der Waals surface area contributed by atoms with E-state index in [0.717, 1.165) is 44.6 Å². The summed E-state index contributed by atoms with van der Waals surface area (Å²) in [7, 11) is 2.02. The van der Waals surface area contributed by atoms with Gasteiger partial charge < -0.3 is 5.73 Å². The number of hydrogen-bond donors (Lipinski definition) is 1. The fourth-order valence-corrected chi connectivity index (χ4v) is 2.88. The molecular weight excluding hydrogens is 236 g/mol. The predicted octanol–water partition coefficient (Wildman–Crippen LogP) is 2.46. The van der Waals surface area contributed by atoms with E-state index in [9.17, 15) is 0 Å². The van der Waals surface area contributed by atoms with Gasteiger partial charge in [-0.2, -0.15) is 5.10 Å². The van der Waals surface area contributed by atoms with Crippen LogP contribution in [0, 0.1) is 6.92 Å². The van der Waals surface area contributed by atoms with E-state index < -0.39 is 0 Å². The highest BCUT2D eigenvalue weighted by Crippen LogP contribution is 2.25. The van der Waals surface area contributed by atoms with Gasteiger partial charge in [0, 0.05) is 25.7 Å². The van der Waals surface area contributed by atoms with Crippen LogP contribution < -0.4 is 5.73 Å². The van der Waals surface area contributed by atoms with Crippen molar-refractivity contribution >= 4 is 0 Å². The molecule has 4 nitrogen and oxygen atoms in total. The Balaban J connectivity index is 2.97. The van der Waals surface area contributed by atoms with Crippen molar-refractivity contribution in [3.05, 3.63) is 17.5 Å². The Bertz CT molecular complexity index is 371. The first-order chi connectivity index (χ1) is 9.02. The molecule has 0 radical (unpaired) electrons. The lowest BCUT2D eigenvalue weighted by Gasteiger charge is -2.42. The van der Waals surface area contributed by atoms with Crippen molar-refractivity contribution in [2.45, 2.75) is 59.0 Å². The molecule has 0 bridgehead atoms. The molecule has 0 fully saturated rings. The smallest absolute Gasteiger partial charge is 0.0597 e. The van der Waals surface area contributed by atoms with Crippen molar-refractivity contribution in [1.29, 1.82) is 0 Å². The van der Waals surface area contributed by atoms with Gasteiger partial charge in [0.25, 0.3) is 0 Å². The third-order valence-electron chi connectivity index (χ3n) is 4.31. The fourth-order valence-electron chi connectivity index (χ4n) is 2.88. The lowest BCUT2D eigenvalue weighted by Crippen LogP contribution is -2.53. The first kappa shape index (κ1) is 16.2. The van der Waals surface area contributed by atoms with E-state index in [0.29, 0.717) is 0 Å². The van der Waals surface area contributed by atoms with Gasteiger partial charge in [0.15, 0.2) is 0 Å². The van der Waals surface area contributed by atoms with Crippen molar-refractivity contribution in [2.75, 3.05) is 13.1 Å². The standard InChI is InChI=1S/C15H30N4/c1-6-9-19(15(7-2,8-3)12-16)11-14-10-13(4)17-18(14)5/h10H,6-9,11-12,16H2,1-5H3. The van der Waals surface area contributed by atoms with Gasteiger partial charge >= 0.3 is 0 Å². The summed E-state index contributed by atoms with van der Waals surface area (Å²) in [5.74, 6) is 0. The first-order valence-electron chi connectivity index (χ1n) is 7.47. The maximum atomic E-state index is 6.09. The Kier molecular flexibility index (Phi) is 6.01. The van der Waals surface area contributed by atoms with Gasteiger partial charge in [0.05, 0.1) is 11.4 Å². The summed E-state index contributed by atoms with van der Waals surface area (Å²) in [5.41, 5.74) is 8.56. The molecule has 1 aromatic heterocycles. The molecule has 2 N–H and O–H groups in total. The summed E-state index contributed by atoms with van der Waals surface area (Å²) in [4.78, 5) is 2.55. The number of nitrogens with two attached hydrogens (primary N) is 1. The van der Waals surface area contributed by atoms with E-state index in [1.54, 1.807) is 0 Å². The Morgan fingerprint density at radius 2 is 1.95 bits per heavy atom. The third-order valence-corrected chi connectivity index (χ3v) is 4.31. The van der Waals surface area contributed by atoms with Crippen molar-refractivity contribution in [3.8, 4) is 0 Å². The van der Waals surface area contributed by atoms with Gasteiger partial charge in [-0.05, 0) is 38.8 Å². The van der Waals surface area contributed by atoms with Crippen LogP contribution in [0.15, 0.2) is 6.07 Å². The second-order valence-corrected chi connectivity index (χ2v) is 5.46. The highest BCUT2D eigenvalue weighted by Gasteiger charge is 2.31. The van der Waals surface area contributed by atoms with Gasteiger partial charge in [-0.25, -0.2) is 0 Å². The zero-order valence-corrected chi connectivity index (χ0v) is 13.2. The minimum atomic E-state index is 0.119. The van der Waals surface area contributed by atoms with Crippen molar-refractivity contribution < 1.29 is 0 Å². The van der Waals surface area contributed by atoms with Crippen LogP contribution in [0.2, 0.25) is 0 Å². The van der Waals surface area contributed by atoms with Crippen molar-refractivity contribution in [2.24, 2.45) is 12.8 Å². The minimum absolute atomic E-state index is 0.119. The highest BCUT2D eigenvalue weighted by molar-refractivity contribution is 5.09. The Morgan fingerprint density at radius 1 is 1.32 bits per heavy atom. The average Bonchev–Trinajstić information content (AvgIpc) is 2.71. The number of aromatic nitrogens is 2. The maximum absolute atomic E-state index is 6.09. The van der Waals surface area contributed by atoms with Crippen LogP contribution in [0.1, 0.15) is 51.4 Å². The van der Waals surface area contributed by atoms with Gasteiger partial charge in [0.1, 0.15) is 0 Å². The molecule has 0 atom stereocenters. The van der Waals surface area contributed by atoms with E-state index in [2.05, 4.69) is 36.8 Å². The number of hydrogen-bond acceptors (Lipinski definition) is 3. The minimum Gasteiger partial charge on any atom is -0.329 e. The number of rotatable bonds is 8. The van der Waals surface area contributed by atoms with Crippen LogP contribution in [0.3, 0.4) is 0 Å². The molecule has 0 aromatic carbocycles. The zero-order valence-electron chi connectivity index (χ0n) is 13.2. The molecule has 0 saturated heterocycles. The van der Waals surface area contributed by atoms with Gasteiger partial charge in [-0.15, -0.1) is 0 Å². The molecule has 0 aliphatic carbocycles. The molecule has 1 heterocycles. The van der Waals surface area contributed by atoms with Gasteiger partial charge in [-0.1, -0.05) is 20.8 Å². The average molecular weight is 266 g/mol. The van der Waals surface area contributed by atoms with E-state index in [-0.39, 0.29) is 5.54 Å². The summed E-state index contributed by atoms with van der Waals surface area (Å²) >= 11 is 0. The molecule has 0 aliphatic rings. The Morgan fingerprint density at radius 3 is 2.32 bits per heavy atom. The van der Waals surface area contributed by atoms with Crippen LogP contribution in [-0.4, -0.2) is 33.3 Å². The molecule has 0 aliphatic heterocycles. The largest absolute Gasteiger partial charge is 0.329 e. The molecular formula is C15H30N4. The van der Waals surface area contributed by atoms with Crippen LogP contribution in [0.25, 0.3) is 0 Å². The number of nitrogens with zero attached hydrogens (tertiary/aromatic N) is 3. The van der Waals surface area contributed by atoms with Crippen LogP contribution in [0.5, 0.6) is 0 Å². The normalized spacial score (nSPS) is 12.4. The fraction of sp³-hybridized carbons (Fsp3) is 0.800. The molecule has 0 amide bonds. The monoisotopic (exact) mass is 266 g/mol. The molecule has 0 spiro atoms. The molecule has 0 saturated carbocycles. The topological polar surface area (TPSA) is 47.1 Å². The van der Waals surface area contributed by atoms with E-state index in [4.69, 9.17) is 5.73 Å². The lowest BCUT2D eigenvalue weighted by atomic mass is 9.90. The summed E-state index contributed by atoms with van der Waals surface area (Å²) in [5, 5.41) is 4.44. The van der Waals surface area contributed by atoms with E-state index in [1.807, 2.05) is 18.7 Å². The zero-order chi connectivity index (χ0) is 14.5. The van der Waals surface area contributed by atoms with Gasteiger partial charge in [-0.3, -0.25) is 9.58 Å². The van der Waals surface area contributed by atoms with E-state index >= 15 is 0 Å². The van der Waals surface area contributed by atoms with Crippen LogP contribution in [0.4, 0.5) is 0 Å². The van der Waals surface area contributed by atoms with E-state index in [1.165, 1.54) is 5.69 Å². The summed E-state index contributed by atoms with van der Waals surface area (Å²) in [6.07, 6.45) is 3.34. The Hall–Kier alpha value is -0.870. The molecule has 1 rings (SSSR count). The third kappa shape index (κ3) is 3.57. The van der Waals surface area contributed by atoms with Crippen LogP contribution in [-0.2, 0) is 13.6 Å².